The van der Waals surface area contributed by atoms with Gasteiger partial charge in [-0.15, -0.1) is 0 Å². The highest BCUT2D eigenvalue weighted by Gasteiger charge is 2.30. The molecular weight excluding hydrogens is 384 g/mol. The zero-order chi connectivity index (χ0) is 18.9. The van der Waals surface area contributed by atoms with Crippen LogP contribution < -0.4 is 0 Å². The van der Waals surface area contributed by atoms with Gasteiger partial charge in [-0.1, -0.05) is 0 Å². The molecule has 0 N–H and O–H groups in total. The van der Waals surface area contributed by atoms with Crippen LogP contribution in [0.4, 0.5) is 8.78 Å². The number of sulfonamides is 1. The lowest BCUT2D eigenvalue weighted by Gasteiger charge is -2.33. The molecule has 2 aromatic rings. The van der Waals surface area contributed by atoms with Crippen LogP contribution in [0.15, 0.2) is 29.4 Å². The molecule has 0 spiro atoms. The summed E-state index contributed by atoms with van der Waals surface area (Å²) in [6.45, 7) is 4.51. The minimum Gasteiger partial charge on any atom is -0.307 e. The van der Waals surface area contributed by atoms with Gasteiger partial charge in [0.25, 0.3) is 0 Å². The van der Waals surface area contributed by atoms with E-state index in [0.717, 1.165) is 18.7 Å². The van der Waals surface area contributed by atoms with Crippen molar-refractivity contribution in [1.82, 2.24) is 23.6 Å². The van der Waals surface area contributed by atoms with Crippen LogP contribution in [0.5, 0.6) is 0 Å². The van der Waals surface area contributed by atoms with Gasteiger partial charge in [0.2, 0.25) is 10.0 Å². The molecule has 0 aliphatic carbocycles. The van der Waals surface area contributed by atoms with Crippen LogP contribution in [0.25, 0.3) is 0 Å². The first-order valence-corrected chi connectivity index (χ1v) is 9.97. The number of benzene rings is 1. The van der Waals surface area contributed by atoms with E-state index in [4.69, 9.17) is 12.2 Å². The van der Waals surface area contributed by atoms with E-state index in [1.807, 2.05) is 16.4 Å². The fourth-order valence-corrected chi connectivity index (χ4v) is 4.56. The second-order valence-corrected chi connectivity index (χ2v) is 8.21. The summed E-state index contributed by atoms with van der Waals surface area (Å²) in [5, 5.41) is 4.23. The highest BCUT2D eigenvalue weighted by Crippen LogP contribution is 2.21. The lowest BCUT2D eigenvalue weighted by molar-refractivity contribution is 0.144. The van der Waals surface area contributed by atoms with Gasteiger partial charge in [-0.25, -0.2) is 21.9 Å². The smallest absolute Gasteiger partial charge is 0.246 e. The minimum absolute atomic E-state index is 0.209. The van der Waals surface area contributed by atoms with Crippen molar-refractivity contribution in [2.75, 3.05) is 26.2 Å². The Morgan fingerprint density at radius 2 is 1.88 bits per heavy atom. The third-order valence-electron chi connectivity index (χ3n) is 4.31. The van der Waals surface area contributed by atoms with Gasteiger partial charge < -0.3 is 4.57 Å². The Labute approximate surface area is 155 Å². The summed E-state index contributed by atoms with van der Waals surface area (Å²) in [5.41, 5.74) is 0. The molecule has 1 aliphatic heterocycles. The minimum atomic E-state index is -4.00. The number of aromatic nitrogens is 3. The topological polar surface area (TPSA) is 63.4 Å². The third-order valence-corrected chi connectivity index (χ3v) is 6.69. The van der Waals surface area contributed by atoms with Crippen LogP contribution >= 0.6 is 12.2 Å². The zero-order valence-electron chi connectivity index (χ0n) is 14.2. The molecule has 0 atom stereocenters. The Bertz CT molecular complexity index is 949. The molecule has 26 heavy (non-hydrogen) atoms. The number of rotatable bonds is 5. The SMILES string of the molecule is CCn1cnn(CN2CCN(S(=O)(=O)c3ccc(F)cc3F)CC2)c1=S. The van der Waals surface area contributed by atoms with Gasteiger partial charge in [0.1, 0.15) is 22.9 Å². The van der Waals surface area contributed by atoms with Crippen LogP contribution in [-0.2, 0) is 23.2 Å². The molecule has 2 heterocycles. The molecule has 0 amide bonds. The molecule has 0 bridgehead atoms. The van der Waals surface area contributed by atoms with Crippen LogP contribution in [0, 0.1) is 16.4 Å². The van der Waals surface area contributed by atoms with E-state index in [1.54, 1.807) is 11.0 Å². The number of halogens is 2. The standard InChI is InChI=1S/C15H19F2N5O2S2/c1-2-20-10-18-22(15(20)25)11-19-5-7-21(8-6-19)26(23,24)14-4-3-12(16)9-13(14)17/h3-4,9-10H,2,5-8,11H2,1H3. The number of hydrogen-bond acceptors (Lipinski definition) is 5. The summed E-state index contributed by atoms with van der Waals surface area (Å²) in [5.74, 6) is -1.89. The average Bonchev–Trinajstić information content (AvgIpc) is 2.95. The first kappa shape index (κ1) is 19.1. The van der Waals surface area contributed by atoms with Crippen molar-refractivity contribution in [2.24, 2.45) is 0 Å². The van der Waals surface area contributed by atoms with Gasteiger partial charge in [-0.3, -0.25) is 4.90 Å². The van der Waals surface area contributed by atoms with Crippen molar-refractivity contribution in [1.29, 1.82) is 0 Å². The summed E-state index contributed by atoms with van der Waals surface area (Å²) in [7, 11) is -4.00. The maximum atomic E-state index is 13.9. The fraction of sp³-hybridized carbons (Fsp3) is 0.467. The number of piperazine rings is 1. The molecule has 7 nitrogen and oxygen atoms in total. The average molecular weight is 403 g/mol. The highest BCUT2D eigenvalue weighted by molar-refractivity contribution is 7.89. The van der Waals surface area contributed by atoms with E-state index < -0.39 is 26.6 Å². The molecule has 142 valence electrons. The second-order valence-electron chi connectivity index (χ2n) is 5.94. The van der Waals surface area contributed by atoms with Crippen molar-refractivity contribution in [3.05, 3.63) is 40.9 Å². The highest BCUT2D eigenvalue weighted by atomic mass is 32.2. The Kier molecular flexibility index (Phi) is 5.51. The molecule has 1 aromatic carbocycles. The Morgan fingerprint density at radius 3 is 2.46 bits per heavy atom. The van der Waals surface area contributed by atoms with E-state index in [1.165, 1.54) is 4.31 Å². The van der Waals surface area contributed by atoms with Gasteiger partial charge in [0.15, 0.2) is 4.77 Å². The molecular formula is C15H19F2N5O2S2. The molecule has 0 unspecified atom stereocenters. The van der Waals surface area contributed by atoms with Crippen molar-refractivity contribution < 1.29 is 17.2 Å². The molecule has 3 rings (SSSR count). The van der Waals surface area contributed by atoms with Crippen LogP contribution in [0.3, 0.4) is 0 Å². The largest absolute Gasteiger partial charge is 0.307 e. The van der Waals surface area contributed by atoms with Crippen LogP contribution in [-0.4, -0.2) is 58.1 Å². The third kappa shape index (κ3) is 3.70. The van der Waals surface area contributed by atoms with Crippen molar-refractivity contribution in [2.45, 2.75) is 25.0 Å². The van der Waals surface area contributed by atoms with Crippen molar-refractivity contribution in [3.63, 3.8) is 0 Å². The molecule has 0 saturated carbocycles. The zero-order valence-corrected chi connectivity index (χ0v) is 15.8. The van der Waals surface area contributed by atoms with Gasteiger partial charge in [0.05, 0.1) is 6.67 Å². The van der Waals surface area contributed by atoms with Crippen molar-refractivity contribution in [3.8, 4) is 0 Å². The summed E-state index contributed by atoms with van der Waals surface area (Å²) in [4.78, 5) is 1.52. The lowest BCUT2D eigenvalue weighted by Crippen LogP contribution is -2.49. The maximum absolute atomic E-state index is 13.9. The molecule has 11 heteroatoms. The predicted molar refractivity (Wildman–Crippen MR) is 93.4 cm³/mol. The molecule has 1 fully saturated rings. The molecule has 1 saturated heterocycles. The molecule has 1 aliphatic rings. The van der Waals surface area contributed by atoms with E-state index in [0.29, 0.717) is 30.6 Å². The molecule has 1 aromatic heterocycles. The van der Waals surface area contributed by atoms with E-state index in [-0.39, 0.29) is 13.1 Å². The van der Waals surface area contributed by atoms with E-state index >= 15 is 0 Å². The van der Waals surface area contributed by atoms with E-state index in [9.17, 15) is 17.2 Å². The Hall–Kier alpha value is -1.69. The quantitative estimate of drug-likeness (QED) is 0.711. The lowest BCUT2D eigenvalue weighted by atomic mass is 10.3. The van der Waals surface area contributed by atoms with Crippen molar-refractivity contribution >= 4 is 22.2 Å². The van der Waals surface area contributed by atoms with Gasteiger partial charge in [0, 0.05) is 38.8 Å². The fourth-order valence-electron chi connectivity index (χ4n) is 2.81. The van der Waals surface area contributed by atoms with Crippen LogP contribution in [0.2, 0.25) is 0 Å². The second kappa shape index (κ2) is 7.51. The molecule has 0 radical (unpaired) electrons. The van der Waals surface area contributed by atoms with Gasteiger partial charge >= 0.3 is 0 Å². The summed E-state index contributed by atoms with van der Waals surface area (Å²) in [6, 6.07) is 2.48. The number of nitrogens with zero attached hydrogens (tertiary/aromatic N) is 5. The van der Waals surface area contributed by atoms with Gasteiger partial charge in [-0.2, -0.15) is 9.40 Å². The summed E-state index contributed by atoms with van der Waals surface area (Å²) < 4.78 is 57.4. The first-order chi connectivity index (χ1) is 12.3. The monoisotopic (exact) mass is 403 g/mol. The van der Waals surface area contributed by atoms with Crippen LogP contribution in [0.1, 0.15) is 6.92 Å². The van der Waals surface area contributed by atoms with E-state index in [2.05, 4.69) is 5.10 Å². The normalized spacial score (nSPS) is 16.9. The summed E-state index contributed by atoms with van der Waals surface area (Å²) >= 11 is 5.32. The number of aryl methyl sites for hydroxylation is 1. The Morgan fingerprint density at radius 1 is 1.19 bits per heavy atom. The summed E-state index contributed by atoms with van der Waals surface area (Å²) in [6.07, 6.45) is 1.67. The number of hydrogen-bond donors (Lipinski definition) is 0. The first-order valence-electron chi connectivity index (χ1n) is 8.12. The maximum Gasteiger partial charge on any atom is 0.246 e. The Balaban J connectivity index is 1.67. The predicted octanol–water partition coefficient (Wildman–Crippen LogP) is 1.68. The van der Waals surface area contributed by atoms with Gasteiger partial charge in [-0.05, 0) is 31.3 Å².